The first-order valence-corrected chi connectivity index (χ1v) is 10.9. The lowest BCUT2D eigenvalue weighted by atomic mass is 10.1. The molecule has 0 bridgehead atoms. The summed E-state index contributed by atoms with van der Waals surface area (Å²) in [6.45, 7) is 1.09. The lowest BCUT2D eigenvalue weighted by Gasteiger charge is -2.11. The van der Waals surface area contributed by atoms with Crippen LogP contribution in [0, 0.1) is 0 Å². The number of benzene rings is 2. The number of rotatable bonds is 9. The van der Waals surface area contributed by atoms with E-state index < -0.39 is 0 Å². The van der Waals surface area contributed by atoms with Gasteiger partial charge < -0.3 is 18.3 Å². The number of hydrogen-bond donors (Lipinski definition) is 0. The Morgan fingerprint density at radius 1 is 0.966 bits per heavy atom. The number of furan rings is 1. The molecule has 0 saturated carbocycles. The van der Waals surface area contributed by atoms with E-state index in [1.54, 1.807) is 30.2 Å². The second kappa shape index (κ2) is 9.09. The summed E-state index contributed by atoms with van der Waals surface area (Å²) in [5, 5.41) is 1.24. The van der Waals surface area contributed by atoms with Crippen molar-refractivity contribution in [3.63, 3.8) is 0 Å². The van der Waals surface area contributed by atoms with Crippen LogP contribution < -0.4 is 14.9 Å². The van der Waals surface area contributed by atoms with Crippen LogP contribution in [0.1, 0.15) is 18.6 Å². The van der Waals surface area contributed by atoms with Crippen molar-refractivity contribution >= 4 is 33.7 Å². The molecule has 0 aliphatic carbocycles. The Kier molecular flexibility index (Phi) is 6.10. The van der Waals surface area contributed by atoms with E-state index in [-0.39, 0.29) is 5.43 Å². The van der Waals surface area contributed by atoms with E-state index in [9.17, 15) is 4.79 Å². The van der Waals surface area contributed by atoms with Crippen molar-refractivity contribution in [2.75, 3.05) is 19.5 Å². The predicted octanol–water partition coefficient (Wildman–Crippen LogP) is 5.64. The van der Waals surface area contributed by atoms with Gasteiger partial charge in [-0.25, -0.2) is 0 Å². The number of thioether (sulfide) groups is 1. The van der Waals surface area contributed by atoms with Gasteiger partial charge in [-0.1, -0.05) is 18.2 Å². The first kappa shape index (κ1) is 19.5. The Labute approximate surface area is 172 Å². The van der Waals surface area contributed by atoms with Crippen LogP contribution in [0.25, 0.3) is 21.9 Å². The summed E-state index contributed by atoms with van der Waals surface area (Å²) >= 11 is 1.60. The summed E-state index contributed by atoms with van der Waals surface area (Å²) in [6, 6.07) is 14.9. The average molecular weight is 410 g/mol. The quantitative estimate of drug-likeness (QED) is 0.333. The van der Waals surface area contributed by atoms with Crippen molar-refractivity contribution in [3.05, 3.63) is 70.8 Å². The molecule has 4 rings (SSSR count). The number of ether oxygens (including phenoxy) is 2. The van der Waals surface area contributed by atoms with E-state index in [0.29, 0.717) is 47.0 Å². The Hall–Kier alpha value is -2.86. The van der Waals surface area contributed by atoms with Gasteiger partial charge in [0.2, 0.25) is 0 Å². The van der Waals surface area contributed by atoms with Crippen molar-refractivity contribution in [1.29, 1.82) is 0 Å². The summed E-state index contributed by atoms with van der Waals surface area (Å²) in [5.41, 5.74) is 1.04. The molecule has 4 aromatic rings. The summed E-state index contributed by atoms with van der Waals surface area (Å²) < 4.78 is 23.2. The molecule has 0 aliphatic rings. The zero-order valence-electron chi connectivity index (χ0n) is 16.2. The lowest BCUT2D eigenvalue weighted by Crippen LogP contribution is -2.07. The van der Waals surface area contributed by atoms with E-state index >= 15 is 0 Å². The van der Waals surface area contributed by atoms with Gasteiger partial charge in [-0.2, -0.15) is 11.8 Å². The molecule has 0 fully saturated rings. The first-order chi connectivity index (χ1) is 14.3. The van der Waals surface area contributed by atoms with Gasteiger partial charge in [0.1, 0.15) is 33.8 Å². The molecule has 0 unspecified atom stereocenters. The molecular weight excluding hydrogens is 388 g/mol. The normalized spacial score (nSPS) is 11.2. The Bertz CT molecular complexity index is 1150. The van der Waals surface area contributed by atoms with Gasteiger partial charge in [0.05, 0.1) is 30.6 Å². The minimum absolute atomic E-state index is 0.0965. The largest absolute Gasteiger partial charge is 0.494 e. The highest BCUT2D eigenvalue weighted by atomic mass is 32.2. The fraction of sp³-hybridized carbons (Fsp3) is 0.261. The zero-order valence-corrected chi connectivity index (χ0v) is 17.0. The molecule has 0 amide bonds. The average Bonchev–Trinajstić information content (AvgIpc) is 3.19. The van der Waals surface area contributed by atoms with Gasteiger partial charge in [0.25, 0.3) is 0 Å². The second-order valence-corrected chi connectivity index (χ2v) is 7.50. The minimum atomic E-state index is -0.0965. The maximum atomic E-state index is 12.8. The minimum Gasteiger partial charge on any atom is -0.494 e. The van der Waals surface area contributed by atoms with Crippen molar-refractivity contribution < 1.29 is 18.3 Å². The number of hydrogen-bond acceptors (Lipinski definition) is 6. The molecule has 0 atom stereocenters. The van der Waals surface area contributed by atoms with Crippen LogP contribution >= 0.6 is 11.8 Å². The van der Waals surface area contributed by atoms with Crippen molar-refractivity contribution in [3.8, 4) is 11.5 Å². The molecule has 0 aliphatic heterocycles. The third kappa shape index (κ3) is 4.43. The number of fused-ring (bicyclic) bond motifs is 2. The standard InChI is InChI=1S/C23H22O5S/c1-29-15-17-13-19(24)22-21(28-17)14-20-18(9-12-26-20)23(22)27-11-6-5-10-25-16-7-3-2-4-8-16/h2-4,7-9,12-14H,5-6,10-11,15H2,1H3. The smallest absolute Gasteiger partial charge is 0.196 e. The predicted molar refractivity (Wildman–Crippen MR) is 116 cm³/mol. The van der Waals surface area contributed by atoms with Gasteiger partial charge in [0, 0.05) is 12.1 Å². The van der Waals surface area contributed by atoms with E-state index in [2.05, 4.69) is 0 Å². The van der Waals surface area contributed by atoms with Crippen molar-refractivity contribution in [2.45, 2.75) is 18.6 Å². The fourth-order valence-corrected chi connectivity index (χ4v) is 3.64. The zero-order chi connectivity index (χ0) is 20.1. The molecule has 29 heavy (non-hydrogen) atoms. The molecule has 0 N–H and O–H groups in total. The topological polar surface area (TPSA) is 61.8 Å². The van der Waals surface area contributed by atoms with E-state index in [1.165, 1.54) is 0 Å². The monoisotopic (exact) mass is 410 g/mol. The molecule has 0 spiro atoms. The molecule has 0 saturated heterocycles. The van der Waals surface area contributed by atoms with E-state index in [0.717, 1.165) is 24.0 Å². The Morgan fingerprint density at radius 2 is 1.76 bits per heavy atom. The van der Waals surface area contributed by atoms with Gasteiger partial charge in [-0.15, -0.1) is 0 Å². The highest BCUT2D eigenvalue weighted by Crippen LogP contribution is 2.34. The fourth-order valence-electron chi connectivity index (χ4n) is 3.21. The van der Waals surface area contributed by atoms with Crippen LogP contribution in [0.2, 0.25) is 0 Å². The maximum Gasteiger partial charge on any atom is 0.196 e. The molecule has 5 nitrogen and oxygen atoms in total. The molecule has 6 heteroatoms. The van der Waals surface area contributed by atoms with Gasteiger partial charge in [-0.05, 0) is 37.3 Å². The lowest BCUT2D eigenvalue weighted by molar-refractivity contribution is 0.269. The second-order valence-electron chi connectivity index (χ2n) is 6.64. The Morgan fingerprint density at radius 3 is 2.55 bits per heavy atom. The number of unbranched alkanes of at least 4 members (excludes halogenated alkanes) is 1. The highest BCUT2D eigenvalue weighted by Gasteiger charge is 2.16. The van der Waals surface area contributed by atoms with Crippen LogP contribution in [0.4, 0.5) is 0 Å². The van der Waals surface area contributed by atoms with Crippen LogP contribution in [-0.2, 0) is 5.75 Å². The number of para-hydroxylation sites is 1. The summed E-state index contributed by atoms with van der Waals surface area (Å²) in [5.74, 6) is 2.67. The summed E-state index contributed by atoms with van der Waals surface area (Å²) in [6.07, 6.45) is 5.21. The summed E-state index contributed by atoms with van der Waals surface area (Å²) in [7, 11) is 0. The third-order valence-corrected chi connectivity index (χ3v) is 5.11. The van der Waals surface area contributed by atoms with Crippen molar-refractivity contribution in [1.82, 2.24) is 0 Å². The van der Waals surface area contributed by atoms with Crippen LogP contribution in [-0.4, -0.2) is 19.5 Å². The third-order valence-electron chi connectivity index (χ3n) is 4.54. The van der Waals surface area contributed by atoms with Crippen LogP contribution in [0.3, 0.4) is 0 Å². The molecule has 2 aromatic carbocycles. The first-order valence-electron chi connectivity index (χ1n) is 9.53. The molecule has 0 radical (unpaired) electrons. The Balaban J connectivity index is 1.48. The summed E-state index contributed by atoms with van der Waals surface area (Å²) in [4.78, 5) is 12.8. The van der Waals surface area contributed by atoms with Gasteiger partial charge in [-0.3, -0.25) is 4.79 Å². The van der Waals surface area contributed by atoms with E-state index in [1.807, 2.05) is 42.7 Å². The molecule has 2 heterocycles. The van der Waals surface area contributed by atoms with E-state index in [4.69, 9.17) is 18.3 Å². The van der Waals surface area contributed by atoms with Gasteiger partial charge in [0.15, 0.2) is 5.43 Å². The molecule has 2 aromatic heterocycles. The SMILES string of the molecule is CSCc1cc(=O)c2c(OCCCCOc3ccccc3)c3ccoc3cc2o1. The van der Waals surface area contributed by atoms with Crippen LogP contribution in [0.15, 0.2) is 68.4 Å². The van der Waals surface area contributed by atoms with Gasteiger partial charge >= 0.3 is 0 Å². The highest BCUT2D eigenvalue weighted by molar-refractivity contribution is 7.97. The maximum absolute atomic E-state index is 12.8. The molecular formula is C23H22O5S. The molecule has 150 valence electrons. The van der Waals surface area contributed by atoms with Crippen LogP contribution in [0.5, 0.6) is 11.5 Å². The van der Waals surface area contributed by atoms with Crippen molar-refractivity contribution in [2.24, 2.45) is 0 Å².